The molecule has 0 bridgehead atoms. The molecule has 1 rings (SSSR count). The van der Waals surface area contributed by atoms with Crippen molar-refractivity contribution in [3.8, 4) is 0 Å². The van der Waals surface area contributed by atoms with E-state index in [9.17, 15) is 0 Å². The standard InChI is InChI=1S/C11H23NO2S/c1-11(2)4-9(7-15-8-11)12-10(5-13)6-14-3/h9-10,12-13H,4-8H2,1-3H3. The highest BCUT2D eigenvalue weighted by Gasteiger charge is 2.29. The van der Waals surface area contributed by atoms with Gasteiger partial charge in [0.1, 0.15) is 0 Å². The fourth-order valence-electron chi connectivity index (χ4n) is 2.06. The highest BCUT2D eigenvalue weighted by molar-refractivity contribution is 7.99. The molecule has 0 spiro atoms. The normalized spacial score (nSPS) is 27.6. The Labute approximate surface area is 97.0 Å². The van der Waals surface area contributed by atoms with Gasteiger partial charge in [-0.25, -0.2) is 0 Å². The third-order valence-electron chi connectivity index (χ3n) is 2.67. The monoisotopic (exact) mass is 233 g/mol. The van der Waals surface area contributed by atoms with Gasteiger partial charge in [-0.1, -0.05) is 13.8 Å². The van der Waals surface area contributed by atoms with Crippen molar-refractivity contribution in [3.63, 3.8) is 0 Å². The van der Waals surface area contributed by atoms with Gasteiger partial charge in [-0.3, -0.25) is 0 Å². The summed E-state index contributed by atoms with van der Waals surface area (Å²) in [5, 5.41) is 12.6. The van der Waals surface area contributed by atoms with Crippen molar-refractivity contribution in [1.82, 2.24) is 5.32 Å². The Bertz CT molecular complexity index is 187. The van der Waals surface area contributed by atoms with Crippen LogP contribution in [0.2, 0.25) is 0 Å². The molecule has 1 aliphatic rings. The highest BCUT2D eigenvalue weighted by Crippen LogP contribution is 2.33. The van der Waals surface area contributed by atoms with E-state index in [0.717, 1.165) is 5.75 Å². The van der Waals surface area contributed by atoms with E-state index in [1.54, 1.807) is 7.11 Å². The van der Waals surface area contributed by atoms with Gasteiger partial charge in [0.2, 0.25) is 0 Å². The SMILES string of the molecule is COCC(CO)NC1CSCC(C)(C)C1. The van der Waals surface area contributed by atoms with E-state index in [1.807, 2.05) is 11.8 Å². The lowest BCUT2D eigenvalue weighted by Crippen LogP contribution is -2.48. The second kappa shape index (κ2) is 6.09. The molecular formula is C11H23NO2S. The summed E-state index contributed by atoms with van der Waals surface area (Å²) in [6.45, 7) is 5.34. The molecule has 2 N–H and O–H groups in total. The first-order valence-electron chi connectivity index (χ1n) is 5.51. The van der Waals surface area contributed by atoms with Gasteiger partial charge in [0.05, 0.1) is 19.3 Å². The summed E-state index contributed by atoms with van der Waals surface area (Å²) in [5.74, 6) is 2.38. The third-order valence-corrected chi connectivity index (χ3v) is 4.29. The molecule has 1 fully saturated rings. The van der Waals surface area contributed by atoms with Crippen LogP contribution in [0.4, 0.5) is 0 Å². The summed E-state index contributed by atoms with van der Waals surface area (Å²) >= 11 is 2.00. The van der Waals surface area contributed by atoms with Crippen LogP contribution in [0.15, 0.2) is 0 Å². The van der Waals surface area contributed by atoms with E-state index in [-0.39, 0.29) is 12.6 Å². The van der Waals surface area contributed by atoms with Crippen molar-refractivity contribution in [2.45, 2.75) is 32.4 Å². The van der Waals surface area contributed by atoms with Crippen LogP contribution in [0.3, 0.4) is 0 Å². The summed E-state index contributed by atoms with van der Waals surface area (Å²) in [6, 6.07) is 0.584. The molecule has 90 valence electrons. The van der Waals surface area contributed by atoms with Crippen LogP contribution < -0.4 is 5.32 Å². The number of thioether (sulfide) groups is 1. The molecule has 3 nitrogen and oxygen atoms in total. The number of methoxy groups -OCH3 is 1. The minimum Gasteiger partial charge on any atom is -0.395 e. The molecule has 0 aromatic heterocycles. The molecule has 4 heteroatoms. The quantitative estimate of drug-likeness (QED) is 0.746. The molecule has 0 aromatic carbocycles. The van der Waals surface area contributed by atoms with E-state index >= 15 is 0 Å². The third kappa shape index (κ3) is 4.72. The molecule has 1 aliphatic heterocycles. The second-order valence-electron chi connectivity index (χ2n) is 5.08. The van der Waals surface area contributed by atoms with Crippen LogP contribution >= 0.6 is 11.8 Å². The lowest BCUT2D eigenvalue weighted by molar-refractivity contribution is 0.119. The number of nitrogens with one attached hydrogen (secondary N) is 1. The average molecular weight is 233 g/mol. The number of ether oxygens (including phenoxy) is 1. The van der Waals surface area contributed by atoms with Crippen molar-refractivity contribution in [2.75, 3.05) is 31.8 Å². The van der Waals surface area contributed by atoms with Gasteiger partial charge >= 0.3 is 0 Å². The summed E-state index contributed by atoms with van der Waals surface area (Å²) in [6.07, 6.45) is 1.18. The zero-order valence-electron chi connectivity index (χ0n) is 9.95. The van der Waals surface area contributed by atoms with Crippen molar-refractivity contribution >= 4 is 11.8 Å². The molecule has 0 radical (unpaired) electrons. The molecule has 0 aromatic rings. The molecule has 15 heavy (non-hydrogen) atoms. The first-order valence-corrected chi connectivity index (χ1v) is 6.66. The fraction of sp³-hybridized carbons (Fsp3) is 1.00. The van der Waals surface area contributed by atoms with E-state index in [0.29, 0.717) is 18.1 Å². The van der Waals surface area contributed by atoms with Crippen molar-refractivity contribution < 1.29 is 9.84 Å². The molecule has 2 unspecified atom stereocenters. The Morgan fingerprint density at radius 3 is 2.87 bits per heavy atom. The van der Waals surface area contributed by atoms with Crippen LogP contribution in [-0.4, -0.2) is 49.0 Å². The number of hydrogen-bond donors (Lipinski definition) is 2. The van der Waals surface area contributed by atoms with Gasteiger partial charge in [0, 0.05) is 18.9 Å². The van der Waals surface area contributed by atoms with E-state index in [4.69, 9.17) is 9.84 Å². The zero-order valence-corrected chi connectivity index (χ0v) is 10.8. The van der Waals surface area contributed by atoms with Gasteiger partial charge < -0.3 is 15.2 Å². The van der Waals surface area contributed by atoms with Crippen LogP contribution in [0, 0.1) is 5.41 Å². The highest BCUT2D eigenvalue weighted by atomic mass is 32.2. The van der Waals surface area contributed by atoms with Crippen LogP contribution in [0.25, 0.3) is 0 Å². The molecule has 1 saturated heterocycles. The lowest BCUT2D eigenvalue weighted by Gasteiger charge is -2.36. The second-order valence-corrected chi connectivity index (χ2v) is 6.11. The van der Waals surface area contributed by atoms with E-state index in [1.165, 1.54) is 12.2 Å². The Hall–Kier alpha value is 0.230. The topological polar surface area (TPSA) is 41.5 Å². The van der Waals surface area contributed by atoms with Crippen LogP contribution in [0.5, 0.6) is 0 Å². The van der Waals surface area contributed by atoms with Gasteiger partial charge in [0.25, 0.3) is 0 Å². The maximum Gasteiger partial charge on any atom is 0.0638 e. The zero-order chi connectivity index (χ0) is 11.3. The lowest BCUT2D eigenvalue weighted by atomic mass is 9.87. The van der Waals surface area contributed by atoms with Crippen molar-refractivity contribution in [1.29, 1.82) is 0 Å². The minimum absolute atomic E-state index is 0.0782. The molecule has 1 heterocycles. The Morgan fingerprint density at radius 1 is 1.60 bits per heavy atom. The number of aliphatic hydroxyl groups excluding tert-OH is 1. The summed E-state index contributed by atoms with van der Waals surface area (Å²) in [4.78, 5) is 0. The van der Waals surface area contributed by atoms with Crippen molar-refractivity contribution in [3.05, 3.63) is 0 Å². The summed E-state index contributed by atoms with van der Waals surface area (Å²) < 4.78 is 5.06. The van der Waals surface area contributed by atoms with Gasteiger partial charge in [-0.05, 0) is 17.6 Å². The fourth-order valence-corrected chi connectivity index (χ4v) is 3.34. The summed E-state index contributed by atoms with van der Waals surface area (Å²) in [7, 11) is 1.67. The number of aliphatic hydroxyl groups is 1. The Morgan fingerprint density at radius 2 is 2.33 bits per heavy atom. The first-order chi connectivity index (χ1) is 7.07. The Balaban J connectivity index is 2.36. The number of rotatable bonds is 5. The number of hydrogen-bond acceptors (Lipinski definition) is 4. The van der Waals surface area contributed by atoms with Crippen molar-refractivity contribution in [2.24, 2.45) is 5.41 Å². The maximum absolute atomic E-state index is 9.17. The molecule has 0 amide bonds. The largest absolute Gasteiger partial charge is 0.395 e. The van der Waals surface area contributed by atoms with E-state index < -0.39 is 0 Å². The summed E-state index contributed by atoms with van der Waals surface area (Å²) in [5.41, 5.74) is 0.410. The predicted molar refractivity (Wildman–Crippen MR) is 65.4 cm³/mol. The maximum atomic E-state index is 9.17. The Kier molecular flexibility index (Phi) is 5.39. The molecule has 0 saturated carbocycles. The minimum atomic E-state index is 0.0782. The van der Waals surface area contributed by atoms with Gasteiger partial charge in [-0.2, -0.15) is 11.8 Å². The van der Waals surface area contributed by atoms with Crippen LogP contribution in [-0.2, 0) is 4.74 Å². The molecule has 2 atom stereocenters. The average Bonchev–Trinajstić information content (AvgIpc) is 2.15. The predicted octanol–water partition coefficient (Wildman–Crippen LogP) is 1.11. The van der Waals surface area contributed by atoms with Crippen LogP contribution in [0.1, 0.15) is 20.3 Å². The van der Waals surface area contributed by atoms with Gasteiger partial charge in [0.15, 0.2) is 0 Å². The van der Waals surface area contributed by atoms with Gasteiger partial charge in [-0.15, -0.1) is 0 Å². The molecule has 0 aliphatic carbocycles. The van der Waals surface area contributed by atoms with E-state index in [2.05, 4.69) is 19.2 Å². The molecular weight excluding hydrogens is 210 g/mol. The first kappa shape index (κ1) is 13.3. The smallest absolute Gasteiger partial charge is 0.0638 e.